The molecule has 2 aromatic rings. The predicted molar refractivity (Wildman–Crippen MR) is 68.1 cm³/mol. The molecule has 0 bridgehead atoms. The summed E-state index contributed by atoms with van der Waals surface area (Å²) in [6.07, 6.45) is 1.69. The van der Waals surface area contributed by atoms with Crippen molar-refractivity contribution in [1.29, 1.82) is 0 Å². The van der Waals surface area contributed by atoms with Gasteiger partial charge in [-0.2, -0.15) is 0 Å². The van der Waals surface area contributed by atoms with Crippen molar-refractivity contribution < 1.29 is 0 Å². The fourth-order valence-electron chi connectivity index (χ4n) is 1.77. The number of hydrogen-bond donors (Lipinski definition) is 0. The van der Waals surface area contributed by atoms with Gasteiger partial charge in [0.1, 0.15) is 0 Å². The summed E-state index contributed by atoms with van der Waals surface area (Å²) < 4.78 is 2.86. The molecule has 0 saturated carbocycles. The Balaban J connectivity index is 2.64. The molecule has 0 radical (unpaired) electrons. The van der Waals surface area contributed by atoms with Gasteiger partial charge in [0, 0.05) is 4.47 Å². The van der Waals surface area contributed by atoms with Crippen molar-refractivity contribution in [3.05, 3.63) is 39.6 Å². The monoisotopic (exact) mass is 299 g/mol. The van der Waals surface area contributed by atoms with Crippen molar-refractivity contribution in [3.63, 3.8) is 0 Å². The number of rotatable bonds is 2. The topological polar surface area (TPSA) is 30.7 Å². The minimum atomic E-state index is 0.405. The van der Waals surface area contributed by atoms with Gasteiger partial charge in [-0.3, -0.25) is 0 Å². The van der Waals surface area contributed by atoms with Gasteiger partial charge in [-0.25, -0.2) is 4.68 Å². The Kier molecular flexibility index (Phi) is 3.30. The van der Waals surface area contributed by atoms with E-state index in [2.05, 4.69) is 38.4 Å². The van der Waals surface area contributed by atoms with Crippen molar-refractivity contribution in [1.82, 2.24) is 15.0 Å². The van der Waals surface area contributed by atoms with Crippen LogP contribution in [0.15, 0.2) is 22.8 Å². The summed E-state index contributed by atoms with van der Waals surface area (Å²) >= 11 is 9.32. The van der Waals surface area contributed by atoms with Crippen LogP contribution in [0.1, 0.15) is 16.8 Å². The number of nitrogens with zero attached hydrogens (tertiary/aromatic N) is 3. The zero-order chi connectivity index (χ0) is 11.7. The largest absolute Gasteiger partial charge is 0.216 e. The molecule has 0 aliphatic rings. The lowest BCUT2D eigenvalue weighted by atomic mass is 10.1. The molecule has 84 valence electrons. The number of aromatic nitrogens is 3. The van der Waals surface area contributed by atoms with Gasteiger partial charge in [-0.05, 0) is 37.1 Å². The smallest absolute Gasteiger partial charge is 0.0793 e. The fourth-order valence-corrected chi connectivity index (χ4v) is 2.64. The van der Waals surface area contributed by atoms with Gasteiger partial charge in [0.05, 0.1) is 23.5 Å². The van der Waals surface area contributed by atoms with Gasteiger partial charge >= 0.3 is 0 Å². The van der Waals surface area contributed by atoms with E-state index < -0.39 is 0 Å². The van der Waals surface area contributed by atoms with Crippen LogP contribution in [0.4, 0.5) is 0 Å². The molecular weight excluding hydrogens is 289 g/mol. The molecule has 1 aromatic carbocycles. The van der Waals surface area contributed by atoms with Crippen LogP contribution in [0.25, 0.3) is 5.69 Å². The van der Waals surface area contributed by atoms with Crippen LogP contribution in [-0.2, 0) is 5.88 Å². The van der Waals surface area contributed by atoms with Crippen LogP contribution in [-0.4, -0.2) is 15.0 Å². The van der Waals surface area contributed by atoms with E-state index in [1.807, 2.05) is 13.8 Å². The quantitative estimate of drug-likeness (QED) is 0.796. The standard InChI is InChI=1S/C11H11BrClN3/c1-7-3-9(12)4-8(2)11(7)16-10(5-13)6-14-15-16/h3-4,6H,5H2,1-2H3. The van der Waals surface area contributed by atoms with E-state index in [1.165, 1.54) is 0 Å². The Morgan fingerprint density at radius 2 is 1.94 bits per heavy atom. The van der Waals surface area contributed by atoms with Gasteiger partial charge in [-0.1, -0.05) is 21.1 Å². The summed E-state index contributed by atoms with van der Waals surface area (Å²) in [5.41, 5.74) is 4.24. The third-order valence-corrected chi connectivity index (χ3v) is 3.16. The molecule has 1 heterocycles. The number of aryl methyl sites for hydroxylation is 2. The van der Waals surface area contributed by atoms with E-state index >= 15 is 0 Å². The average Bonchev–Trinajstić information content (AvgIpc) is 2.64. The van der Waals surface area contributed by atoms with Gasteiger partial charge in [-0.15, -0.1) is 16.7 Å². The van der Waals surface area contributed by atoms with Crippen molar-refractivity contribution >= 4 is 27.5 Å². The van der Waals surface area contributed by atoms with E-state index in [0.29, 0.717) is 5.88 Å². The van der Waals surface area contributed by atoms with Crippen molar-refractivity contribution in [2.24, 2.45) is 0 Å². The molecule has 0 fully saturated rings. The first kappa shape index (κ1) is 11.6. The van der Waals surface area contributed by atoms with E-state index in [0.717, 1.165) is 27.0 Å². The highest BCUT2D eigenvalue weighted by molar-refractivity contribution is 9.10. The second kappa shape index (κ2) is 4.55. The third kappa shape index (κ3) is 1.99. The van der Waals surface area contributed by atoms with Crippen molar-refractivity contribution in [2.75, 3.05) is 0 Å². The zero-order valence-electron chi connectivity index (χ0n) is 9.04. The Labute approximate surface area is 108 Å². The summed E-state index contributed by atoms with van der Waals surface area (Å²) in [4.78, 5) is 0. The molecule has 2 rings (SSSR count). The molecule has 0 spiro atoms. The molecule has 0 amide bonds. The Morgan fingerprint density at radius 1 is 1.31 bits per heavy atom. The zero-order valence-corrected chi connectivity index (χ0v) is 11.4. The summed E-state index contributed by atoms with van der Waals surface area (Å²) in [7, 11) is 0. The minimum absolute atomic E-state index is 0.405. The van der Waals surface area contributed by atoms with Gasteiger partial charge in [0.2, 0.25) is 0 Å². The van der Waals surface area contributed by atoms with Gasteiger partial charge < -0.3 is 0 Å². The third-order valence-electron chi connectivity index (χ3n) is 2.42. The SMILES string of the molecule is Cc1cc(Br)cc(C)c1-n1nncc1CCl. The summed E-state index contributed by atoms with van der Waals surface area (Å²) in [6.45, 7) is 4.10. The molecule has 16 heavy (non-hydrogen) atoms. The maximum absolute atomic E-state index is 5.85. The predicted octanol–water partition coefficient (Wildman–Crippen LogP) is 3.39. The second-order valence-corrected chi connectivity index (χ2v) is 4.84. The highest BCUT2D eigenvalue weighted by Crippen LogP contribution is 2.24. The lowest BCUT2D eigenvalue weighted by Crippen LogP contribution is -2.05. The van der Waals surface area contributed by atoms with E-state index in [1.54, 1.807) is 10.9 Å². The van der Waals surface area contributed by atoms with E-state index in [9.17, 15) is 0 Å². The highest BCUT2D eigenvalue weighted by atomic mass is 79.9. The maximum Gasteiger partial charge on any atom is 0.0793 e. The number of hydrogen-bond acceptors (Lipinski definition) is 2. The Bertz CT molecular complexity index is 499. The Morgan fingerprint density at radius 3 is 2.50 bits per heavy atom. The van der Waals surface area contributed by atoms with E-state index in [-0.39, 0.29) is 0 Å². The molecule has 0 saturated heterocycles. The first-order valence-electron chi connectivity index (χ1n) is 4.86. The maximum atomic E-state index is 5.85. The Hall–Kier alpha value is -0.870. The van der Waals surface area contributed by atoms with Crippen LogP contribution in [0.5, 0.6) is 0 Å². The van der Waals surface area contributed by atoms with Crippen molar-refractivity contribution in [3.8, 4) is 5.69 Å². The summed E-state index contributed by atoms with van der Waals surface area (Å²) in [6, 6.07) is 4.12. The van der Waals surface area contributed by atoms with Crippen LogP contribution in [0.2, 0.25) is 0 Å². The summed E-state index contributed by atoms with van der Waals surface area (Å²) in [5, 5.41) is 7.97. The average molecular weight is 301 g/mol. The number of alkyl halides is 1. The molecule has 0 N–H and O–H groups in total. The normalized spacial score (nSPS) is 10.8. The van der Waals surface area contributed by atoms with Crippen LogP contribution >= 0.6 is 27.5 Å². The first-order valence-corrected chi connectivity index (χ1v) is 6.19. The van der Waals surface area contributed by atoms with E-state index in [4.69, 9.17) is 11.6 Å². The molecule has 0 aliphatic carbocycles. The molecular formula is C11H11BrClN3. The van der Waals surface area contributed by atoms with Gasteiger partial charge in [0.15, 0.2) is 0 Å². The molecule has 0 unspecified atom stereocenters. The van der Waals surface area contributed by atoms with Crippen LogP contribution in [0, 0.1) is 13.8 Å². The lowest BCUT2D eigenvalue weighted by molar-refractivity contribution is 0.772. The lowest BCUT2D eigenvalue weighted by Gasteiger charge is -2.11. The molecule has 5 heteroatoms. The number of halogens is 2. The molecule has 1 aromatic heterocycles. The molecule has 3 nitrogen and oxygen atoms in total. The molecule has 0 atom stereocenters. The van der Waals surface area contributed by atoms with Crippen LogP contribution < -0.4 is 0 Å². The molecule has 0 aliphatic heterocycles. The summed E-state index contributed by atoms with van der Waals surface area (Å²) in [5.74, 6) is 0.405. The number of benzene rings is 1. The van der Waals surface area contributed by atoms with Crippen LogP contribution in [0.3, 0.4) is 0 Å². The fraction of sp³-hybridized carbons (Fsp3) is 0.273. The van der Waals surface area contributed by atoms with Gasteiger partial charge in [0.25, 0.3) is 0 Å². The second-order valence-electron chi connectivity index (χ2n) is 3.66. The highest BCUT2D eigenvalue weighted by Gasteiger charge is 2.11. The minimum Gasteiger partial charge on any atom is -0.216 e. The first-order chi connectivity index (χ1) is 7.63. The van der Waals surface area contributed by atoms with Crippen molar-refractivity contribution in [2.45, 2.75) is 19.7 Å².